The highest BCUT2D eigenvalue weighted by Crippen LogP contribution is 2.32. The van der Waals surface area contributed by atoms with Crippen molar-refractivity contribution in [2.24, 2.45) is 0 Å². The van der Waals surface area contributed by atoms with E-state index in [1.54, 1.807) is 14.2 Å². The van der Waals surface area contributed by atoms with Gasteiger partial charge in [-0.1, -0.05) is 0 Å². The van der Waals surface area contributed by atoms with E-state index in [0.717, 1.165) is 16.9 Å². The maximum absolute atomic E-state index is 7.79. The van der Waals surface area contributed by atoms with E-state index in [-0.39, 0.29) is 0 Å². The van der Waals surface area contributed by atoms with Gasteiger partial charge in [-0.2, -0.15) is 0 Å². The maximum atomic E-state index is 7.79. The van der Waals surface area contributed by atoms with Crippen LogP contribution in [0.25, 0.3) is 0 Å². The fraction of sp³-hybridized carbons (Fsp3) is 0.364. The van der Waals surface area contributed by atoms with Crippen LogP contribution in [0.2, 0.25) is 0 Å². The van der Waals surface area contributed by atoms with Gasteiger partial charge in [0, 0.05) is 11.1 Å². The molecule has 0 unspecified atom stereocenters. The Bertz CT molecular complexity index is 377. The zero-order valence-corrected chi connectivity index (χ0v) is 10.2. The van der Waals surface area contributed by atoms with E-state index in [2.05, 4.69) is 0 Å². The number of hydrogen-bond donors (Lipinski definition) is 1. The zero-order valence-electron chi connectivity index (χ0n) is 9.38. The normalized spacial score (nSPS) is 9.87. The van der Waals surface area contributed by atoms with E-state index in [4.69, 9.17) is 14.9 Å². The van der Waals surface area contributed by atoms with Crippen LogP contribution < -0.4 is 9.47 Å². The highest BCUT2D eigenvalue weighted by atomic mass is 32.2. The summed E-state index contributed by atoms with van der Waals surface area (Å²) < 4.78 is 10.5. The van der Waals surface area contributed by atoms with E-state index in [1.165, 1.54) is 11.8 Å². The van der Waals surface area contributed by atoms with Crippen LogP contribution in [0.3, 0.4) is 0 Å². The Balaban J connectivity index is 3.30. The Morgan fingerprint density at radius 1 is 1.27 bits per heavy atom. The molecule has 1 aromatic rings. The van der Waals surface area contributed by atoms with Gasteiger partial charge in [0.15, 0.2) is 0 Å². The summed E-state index contributed by atoms with van der Waals surface area (Å²) in [6.45, 7) is 1.93. The van der Waals surface area contributed by atoms with Crippen molar-refractivity contribution in [1.82, 2.24) is 0 Å². The molecule has 0 radical (unpaired) electrons. The second kappa shape index (κ2) is 5.07. The standard InChI is InChI=1S/C11H15NO2S/c1-7-9(13-2)6-5-8(10(7)14-3)11(12)15-4/h5-6,12H,1-4H3. The van der Waals surface area contributed by atoms with Gasteiger partial charge in [-0.05, 0) is 25.3 Å². The SMILES string of the molecule is COc1ccc(C(=N)SC)c(OC)c1C. The smallest absolute Gasteiger partial charge is 0.135 e. The molecule has 1 aromatic carbocycles. The van der Waals surface area contributed by atoms with Crippen molar-refractivity contribution in [2.75, 3.05) is 20.5 Å². The summed E-state index contributed by atoms with van der Waals surface area (Å²) in [5.41, 5.74) is 1.74. The van der Waals surface area contributed by atoms with E-state index >= 15 is 0 Å². The molecule has 0 aliphatic rings. The van der Waals surface area contributed by atoms with Crippen LogP contribution >= 0.6 is 11.8 Å². The Labute approximate surface area is 94.3 Å². The van der Waals surface area contributed by atoms with E-state index in [1.807, 2.05) is 25.3 Å². The van der Waals surface area contributed by atoms with Crippen LogP contribution in [0.4, 0.5) is 0 Å². The summed E-state index contributed by atoms with van der Waals surface area (Å²) in [5, 5.41) is 8.29. The fourth-order valence-corrected chi connectivity index (χ4v) is 1.83. The molecular weight excluding hydrogens is 210 g/mol. The molecule has 0 fully saturated rings. The van der Waals surface area contributed by atoms with Gasteiger partial charge in [0.1, 0.15) is 11.5 Å². The monoisotopic (exact) mass is 225 g/mol. The highest BCUT2D eigenvalue weighted by molar-refractivity contribution is 8.13. The van der Waals surface area contributed by atoms with E-state index < -0.39 is 0 Å². The molecule has 15 heavy (non-hydrogen) atoms. The highest BCUT2D eigenvalue weighted by Gasteiger charge is 2.13. The lowest BCUT2D eigenvalue weighted by molar-refractivity contribution is 0.388. The predicted octanol–water partition coefficient (Wildman–Crippen LogP) is 2.70. The van der Waals surface area contributed by atoms with Crippen LogP contribution in [0.1, 0.15) is 11.1 Å². The van der Waals surface area contributed by atoms with Crippen molar-refractivity contribution < 1.29 is 9.47 Å². The molecule has 1 rings (SSSR count). The molecule has 0 amide bonds. The van der Waals surface area contributed by atoms with Gasteiger partial charge in [-0.25, -0.2) is 0 Å². The lowest BCUT2D eigenvalue weighted by Gasteiger charge is -2.13. The lowest BCUT2D eigenvalue weighted by Crippen LogP contribution is -2.01. The molecule has 0 heterocycles. The minimum Gasteiger partial charge on any atom is -0.496 e. The first-order valence-electron chi connectivity index (χ1n) is 4.50. The molecule has 3 nitrogen and oxygen atoms in total. The van der Waals surface area contributed by atoms with Gasteiger partial charge in [-0.3, -0.25) is 5.41 Å². The van der Waals surface area contributed by atoms with Crippen LogP contribution in [0.5, 0.6) is 11.5 Å². The maximum Gasteiger partial charge on any atom is 0.135 e. The summed E-state index contributed by atoms with van der Waals surface area (Å²) in [7, 11) is 3.24. The molecule has 0 saturated carbocycles. The van der Waals surface area contributed by atoms with Crippen LogP contribution in [0.15, 0.2) is 12.1 Å². The third kappa shape index (κ3) is 2.26. The van der Waals surface area contributed by atoms with Crippen molar-refractivity contribution in [2.45, 2.75) is 6.92 Å². The Morgan fingerprint density at radius 2 is 1.93 bits per heavy atom. The first-order chi connectivity index (χ1) is 7.15. The molecule has 0 saturated heterocycles. The molecule has 0 aliphatic heterocycles. The van der Waals surface area contributed by atoms with Gasteiger partial charge in [-0.15, -0.1) is 11.8 Å². The topological polar surface area (TPSA) is 42.3 Å². The molecule has 1 N–H and O–H groups in total. The van der Waals surface area contributed by atoms with Crippen molar-refractivity contribution in [3.63, 3.8) is 0 Å². The first-order valence-corrected chi connectivity index (χ1v) is 5.72. The largest absolute Gasteiger partial charge is 0.496 e. The summed E-state index contributed by atoms with van der Waals surface area (Å²) in [5.74, 6) is 1.50. The number of ether oxygens (including phenoxy) is 2. The van der Waals surface area contributed by atoms with Gasteiger partial charge in [0.25, 0.3) is 0 Å². The lowest BCUT2D eigenvalue weighted by atomic mass is 10.1. The van der Waals surface area contributed by atoms with Gasteiger partial charge in [0.05, 0.1) is 19.3 Å². The third-order valence-corrected chi connectivity index (χ3v) is 2.86. The Morgan fingerprint density at radius 3 is 2.40 bits per heavy atom. The third-order valence-electron chi connectivity index (χ3n) is 2.23. The first kappa shape index (κ1) is 11.9. The van der Waals surface area contributed by atoms with E-state index in [9.17, 15) is 0 Å². The average molecular weight is 225 g/mol. The minimum atomic E-state index is 0.498. The number of nitrogens with one attached hydrogen (secondary N) is 1. The van der Waals surface area contributed by atoms with Gasteiger partial charge >= 0.3 is 0 Å². The molecule has 0 bridgehead atoms. The summed E-state index contributed by atoms with van der Waals surface area (Å²) in [6.07, 6.45) is 1.88. The van der Waals surface area contributed by atoms with Gasteiger partial charge < -0.3 is 9.47 Å². The van der Waals surface area contributed by atoms with Gasteiger partial charge in [0.2, 0.25) is 0 Å². The van der Waals surface area contributed by atoms with Crippen molar-refractivity contribution in [3.05, 3.63) is 23.3 Å². The van der Waals surface area contributed by atoms with Crippen molar-refractivity contribution in [1.29, 1.82) is 5.41 Å². The number of thioether (sulfide) groups is 1. The molecule has 0 atom stereocenters. The van der Waals surface area contributed by atoms with Crippen LogP contribution in [-0.4, -0.2) is 25.5 Å². The number of benzene rings is 1. The summed E-state index contributed by atoms with van der Waals surface area (Å²) >= 11 is 1.39. The Kier molecular flexibility index (Phi) is 4.03. The second-order valence-electron chi connectivity index (χ2n) is 3.01. The summed E-state index contributed by atoms with van der Waals surface area (Å²) in [4.78, 5) is 0. The zero-order chi connectivity index (χ0) is 11.4. The Hall–Kier alpha value is -1.16. The molecule has 0 aliphatic carbocycles. The number of hydrogen-bond acceptors (Lipinski definition) is 4. The quantitative estimate of drug-likeness (QED) is 0.635. The van der Waals surface area contributed by atoms with Crippen molar-refractivity contribution in [3.8, 4) is 11.5 Å². The van der Waals surface area contributed by atoms with Crippen LogP contribution in [0, 0.1) is 12.3 Å². The predicted molar refractivity (Wildman–Crippen MR) is 64.6 cm³/mol. The van der Waals surface area contributed by atoms with Crippen LogP contribution in [-0.2, 0) is 0 Å². The minimum absolute atomic E-state index is 0.498. The van der Waals surface area contributed by atoms with Crippen molar-refractivity contribution >= 4 is 16.8 Å². The number of methoxy groups -OCH3 is 2. The molecular formula is C11H15NO2S. The fourth-order valence-electron chi connectivity index (χ4n) is 1.45. The molecule has 0 spiro atoms. The molecule has 82 valence electrons. The second-order valence-corrected chi connectivity index (χ2v) is 3.82. The average Bonchev–Trinajstić information content (AvgIpc) is 2.27. The number of rotatable bonds is 3. The summed E-state index contributed by atoms with van der Waals surface area (Å²) in [6, 6.07) is 3.71. The molecule has 4 heteroatoms. The molecule has 0 aromatic heterocycles. The van der Waals surface area contributed by atoms with E-state index in [0.29, 0.717) is 10.8 Å².